The van der Waals surface area contributed by atoms with Crippen LogP contribution >= 0.6 is 0 Å². The van der Waals surface area contributed by atoms with E-state index in [1.165, 1.54) is 42.5 Å². The number of methoxy groups -OCH3 is 1. The maximum atomic E-state index is 14.2. The molecule has 2 aromatic heterocycles. The number of rotatable bonds is 9. The molecular formula is C28H30F3N5O5S. The zero-order valence-electron chi connectivity index (χ0n) is 23.2. The standard InChI is InChI=1S/C28H30F3N5O5S/c1-4-41-26-20-11-12-36(42(37,38)23-8-6-5-7-18(23)2)25(20)33-27(34-26)32-21-10-9-19(17-22(21)39-3)24(28(29,30)31)35-13-15-40-16-14-35/h5-12,17,24H,4,13-16H2,1-3H3,(H,32,33,34). The summed E-state index contributed by atoms with van der Waals surface area (Å²) in [5.74, 6) is 0.237. The van der Waals surface area contributed by atoms with Gasteiger partial charge >= 0.3 is 6.18 Å². The Kier molecular flexibility index (Phi) is 8.30. The summed E-state index contributed by atoms with van der Waals surface area (Å²) in [6, 6.07) is 10.4. The third kappa shape index (κ3) is 5.74. The summed E-state index contributed by atoms with van der Waals surface area (Å²) in [6.45, 7) is 4.43. The van der Waals surface area contributed by atoms with Crippen molar-refractivity contribution in [1.82, 2.24) is 18.8 Å². The van der Waals surface area contributed by atoms with E-state index in [1.54, 1.807) is 38.1 Å². The molecule has 0 spiro atoms. The highest BCUT2D eigenvalue weighted by atomic mass is 32.2. The van der Waals surface area contributed by atoms with Gasteiger partial charge in [-0.25, -0.2) is 12.4 Å². The molecule has 4 aromatic rings. The topological polar surface area (TPSA) is 108 Å². The Hall–Kier alpha value is -3.88. The average molecular weight is 606 g/mol. The lowest BCUT2D eigenvalue weighted by Crippen LogP contribution is -2.44. The molecule has 0 amide bonds. The van der Waals surface area contributed by atoms with Crippen LogP contribution in [0.15, 0.2) is 59.6 Å². The van der Waals surface area contributed by atoms with E-state index in [0.29, 0.717) is 10.9 Å². The molecule has 1 saturated heterocycles. The highest BCUT2D eigenvalue weighted by molar-refractivity contribution is 7.90. The maximum Gasteiger partial charge on any atom is 0.408 e. The van der Waals surface area contributed by atoms with Crippen molar-refractivity contribution in [2.45, 2.75) is 31.0 Å². The minimum absolute atomic E-state index is 0.0105. The van der Waals surface area contributed by atoms with Crippen LogP contribution in [0.1, 0.15) is 24.1 Å². The largest absolute Gasteiger partial charge is 0.495 e. The number of fused-ring (bicyclic) bond motifs is 1. The summed E-state index contributed by atoms with van der Waals surface area (Å²) >= 11 is 0. The number of hydrogen-bond acceptors (Lipinski definition) is 9. The van der Waals surface area contributed by atoms with Crippen molar-refractivity contribution in [1.29, 1.82) is 0 Å². The van der Waals surface area contributed by atoms with Gasteiger partial charge in [0.25, 0.3) is 10.0 Å². The second-order valence-corrected chi connectivity index (χ2v) is 11.4. The zero-order valence-corrected chi connectivity index (χ0v) is 24.0. The molecule has 42 heavy (non-hydrogen) atoms. The maximum absolute atomic E-state index is 14.2. The van der Waals surface area contributed by atoms with Crippen molar-refractivity contribution >= 4 is 32.7 Å². The van der Waals surface area contributed by atoms with E-state index in [1.807, 2.05) is 0 Å². The fraction of sp³-hybridized carbons (Fsp3) is 0.357. The molecule has 0 saturated carbocycles. The first-order valence-electron chi connectivity index (χ1n) is 13.2. The van der Waals surface area contributed by atoms with Crippen LogP contribution < -0.4 is 14.8 Å². The van der Waals surface area contributed by atoms with Crippen molar-refractivity contribution in [2.75, 3.05) is 45.3 Å². The van der Waals surface area contributed by atoms with Gasteiger partial charge in [-0.3, -0.25) is 4.90 Å². The summed E-state index contributed by atoms with van der Waals surface area (Å²) in [5.41, 5.74) is 0.928. The van der Waals surface area contributed by atoms with Crippen LogP contribution in [0, 0.1) is 6.92 Å². The lowest BCUT2D eigenvalue weighted by Gasteiger charge is -2.36. The Labute approximate surface area is 241 Å². The van der Waals surface area contributed by atoms with Crippen LogP contribution in [0.4, 0.5) is 24.8 Å². The van der Waals surface area contributed by atoms with E-state index in [-0.39, 0.29) is 72.3 Å². The number of morpholine rings is 1. The Bertz CT molecular complexity index is 1690. The summed E-state index contributed by atoms with van der Waals surface area (Å²) in [7, 11) is -2.68. The van der Waals surface area contributed by atoms with Gasteiger partial charge in [-0.05, 0) is 49.2 Å². The highest BCUT2D eigenvalue weighted by Crippen LogP contribution is 2.41. The normalized spacial score (nSPS) is 15.5. The SMILES string of the molecule is CCOc1nc(Nc2ccc(C(N3CCOCC3)C(F)(F)F)cc2OC)nc2c1ccn2S(=O)(=O)c1ccccc1C. The van der Waals surface area contributed by atoms with Gasteiger partial charge in [-0.15, -0.1) is 0 Å². The van der Waals surface area contributed by atoms with Gasteiger partial charge in [0.2, 0.25) is 11.8 Å². The molecule has 1 fully saturated rings. The number of alkyl halides is 3. The quantitative estimate of drug-likeness (QED) is 0.280. The minimum atomic E-state index is -4.52. The van der Waals surface area contributed by atoms with Gasteiger partial charge in [-0.2, -0.15) is 23.1 Å². The van der Waals surface area contributed by atoms with Crippen molar-refractivity contribution in [3.8, 4) is 11.6 Å². The molecule has 2 aromatic carbocycles. The van der Waals surface area contributed by atoms with E-state index >= 15 is 0 Å². The van der Waals surface area contributed by atoms with Crippen LogP contribution in [0.2, 0.25) is 0 Å². The predicted molar refractivity (Wildman–Crippen MR) is 150 cm³/mol. The lowest BCUT2D eigenvalue weighted by atomic mass is 10.0. The number of aromatic nitrogens is 3. The van der Waals surface area contributed by atoms with Crippen LogP contribution in [-0.2, 0) is 14.8 Å². The molecule has 1 aliphatic heterocycles. The number of hydrogen-bond donors (Lipinski definition) is 1. The van der Waals surface area contributed by atoms with E-state index in [4.69, 9.17) is 14.2 Å². The van der Waals surface area contributed by atoms with E-state index < -0.39 is 22.2 Å². The van der Waals surface area contributed by atoms with E-state index in [2.05, 4.69) is 15.3 Å². The molecule has 0 aliphatic carbocycles. The molecule has 5 rings (SSSR count). The lowest BCUT2D eigenvalue weighted by molar-refractivity contribution is -0.194. The summed E-state index contributed by atoms with van der Waals surface area (Å²) in [6.07, 6.45) is -3.14. The van der Waals surface area contributed by atoms with Gasteiger partial charge in [0.05, 0.1) is 42.9 Å². The van der Waals surface area contributed by atoms with Crippen LogP contribution in [0.25, 0.3) is 11.0 Å². The van der Waals surface area contributed by atoms with Crippen LogP contribution in [0.3, 0.4) is 0 Å². The second kappa shape index (κ2) is 11.8. The van der Waals surface area contributed by atoms with Gasteiger partial charge in [0.1, 0.15) is 11.8 Å². The van der Waals surface area contributed by atoms with Crippen molar-refractivity contribution in [2.24, 2.45) is 0 Å². The fourth-order valence-corrected chi connectivity index (χ4v) is 6.48. The molecule has 0 radical (unpaired) electrons. The Morgan fingerprint density at radius 3 is 2.50 bits per heavy atom. The van der Waals surface area contributed by atoms with E-state index in [0.717, 1.165) is 3.97 Å². The number of anilines is 2. The van der Waals surface area contributed by atoms with Gasteiger partial charge in [0, 0.05) is 19.3 Å². The number of benzene rings is 2. The fourth-order valence-electron chi connectivity index (χ4n) is 4.96. The number of ether oxygens (including phenoxy) is 3. The molecular weight excluding hydrogens is 575 g/mol. The summed E-state index contributed by atoms with van der Waals surface area (Å²) in [4.78, 5) is 10.3. The number of aryl methyl sites for hydroxylation is 1. The molecule has 0 bridgehead atoms. The molecule has 1 unspecified atom stereocenters. The van der Waals surface area contributed by atoms with Crippen molar-refractivity contribution in [3.63, 3.8) is 0 Å². The van der Waals surface area contributed by atoms with E-state index in [9.17, 15) is 21.6 Å². The van der Waals surface area contributed by atoms with Crippen molar-refractivity contribution < 1.29 is 35.8 Å². The minimum Gasteiger partial charge on any atom is -0.495 e. The number of nitrogens with one attached hydrogen (secondary N) is 1. The Morgan fingerprint density at radius 1 is 1.10 bits per heavy atom. The Balaban J connectivity index is 1.55. The molecule has 1 atom stereocenters. The molecule has 224 valence electrons. The number of nitrogens with zero attached hydrogens (tertiary/aromatic N) is 4. The molecule has 14 heteroatoms. The van der Waals surface area contributed by atoms with Crippen molar-refractivity contribution in [3.05, 3.63) is 65.9 Å². The first-order chi connectivity index (χ1) is 20.0. The summed E-state index contributed by atoms with van der Waals surface area (Å²) < 4.78 is 87.1. The van der Waals surface area contributed by atoms with Gasteiger partial charge < -0.3 is 19.5 Å². The second-order valence-electron chi connectivity index (χ2n) is 9.58. The van der Waals surface area contributed by atoms with Gasteiger partial charge in [0.15, 0.2) is 5.65 Å². The summed E-state index contributed by atoms with van der Waals surface area (Å²) in [5, 5.41) is 3.34. The molecule has 1 aliphatic rings. The molecule has 10 nitrogen and oxygen atoms in total. The smallest absolute Gasteiger partial charge is 0.408 e. The monoisotopic (exact) mass is 605 g/mol. The highest BCUT2D eigenvalue weighted by Gasteiger charge is 2.45. The third-order valence-electron chi connectivity index (χ3n) is 6.90. The average Bonchev–Trinajstić information content (AvgIpc) is 3.39. The zero-order chi connectivity index (χ0) is 30.1. The number of halogens is 3. The molecule has 3 heterocycles. The first-order valence-corrected chi connectivity index (χ1v) is 14.6. The first kappa shape index (κ1) is 29.6. The Morgan fingerprint density at radius 2 is 1.83 bits per heavy atom. The predicted octanol–water partition coefficient (Wildman–Crippen LogP) is 5.06. The van der Waals surface area contributed by atoms with Crippen LogP contribution in [-0.4, -0.2) is 73.5 Å². The molecule has 1 N–H and O–H groups in total. The van der Waals surface area contributed by atoms with Crippen LogP contribution in [0.5, 0.6) is 11.6 Å². The van der Waals surface area contributed by atoms with Gasteiger partial charge in [-0.1, -0.05) is 24.3 Å². The third-order valence-corrected chi connectivity index (χ3v) is 8.72.